The number of nitrogens with zero attached hydrogens (tertiary/aromatic N) is 3. The number of benzene rings is 1. The average molecular weight is 343 g/mol. The van der Waals surface area contributed by atoms with E-state index in [4.69, 9.17) is 0 Å². The number of halogens is 3. The van der Waals surface area contributed by atoms with Crippen LogP contribution in [0, 0.1) is 17.5 Å². The Hall–Kier alpha value is -2.09. The molecule has 2 rings (SSSR count). The summed E-state index contributed by atoms with van der Waals surface area (Å²) in [5, 5.41) is 0. The van der Waals surface area contributed by atoms with E-state index >= 15 is 0 Å². The third-order valence-corrected chi connectivity index (χ3v) is 3.96. The molecule has 1 heterocycles. The third kappa shape index (κ3) is 4.05. The predicted octanol–water partition coefficient (Wildman–Crippen LogP) is 1.34. The van der Waals surface area contributed by atoms with E-state index in [0.717, 1.165) is 12.1 Å². The van der Waals surface area contributed by atoms with Gasteiger partial charge in [0.1, 0.15) is 0 Å². The van der Waals surface area contributed by atoms with Gasteiger partial charge in [0.25, 0.3) is 5.91 Å². The quantitative estimate of drug-likeness (QED) is 0.775. The molecule has 0 aliphatic carbocycles. The maximum Gasteiger partial charge on any atom is 0.257 e. The number of piperazine rings is 1. The zero-order chi connectivity index (χ0) is 17.9. The van der Waals surface area contributed by atoms with E-state index in [2.05, 4.69) is 0 Å². The number of amides is 2. The van der Waals surface area contributed by atoms with Crippen LogP contribution in [0.1, 0.15) is 16.8 Å². The molecule has 1 aliphatic heterocycles. The van der Waals surface area contributed by atoms with E-state index in [1.54, 1.807) is 4.90 Å². The molecule has 0 unspecified atom stereocenters. The number of hydrogen-bond donors (Lipinski definition) is 0. The zero-order valence-corrected chi connectivity index (χ0v) is 13.7. The molecule has 0 spiro atoms. The van der Waals surface area contributed by atoms with Gasteiger partial charge in [-0.15, -0.1) is 0 Å². The summed E-state index contributed by atoms with van der Waals surface area (Å²) in [6.45, 7) is 1.76. The summed E-state index contributed by atoms with van der Waals surface area (Å²) < 4.78 is 39.9. The lowest BCUT2D eigenvalue weighted by atomic mass is 10.1. The van der Waals surface area contributed by atoms with Gasteiger partial charge in [0.2, 0.25) is 5.91 Å². The van der Waals surface area contributed by atoms with Gasteiger partial charge in [-0.25, -0.2) is 13.2 Å². The topological polar surface area (TPSA) is 43.9 Å². The molecule has 1 aromatic carbocycles. The molecule has 1 saturated heterocycles. The van der Waals surface area contributed by atoms with E-state index in [1.807, 2.05) is 19.0 Å². The monoisotopic (exact) mass is 343 g/mol. The Morgan fingerprint density at radius 1 is 1.00 bits per heavy atom. The molecule has 5 nitrogen and oxygen atoms in total. The van der Waals surface area contributed by atoms with Crippen LogP contribution in [0.3, 0.4) is 0 Å². The highest BCUT2D eigenvalue weighted by atomic mass is 19.2. The third-order valence-electron chi connectivity index (χ3n) is 3.96. The van der Waals surface area contributed by atoms with Crippen molar-refractivity contribution in [2.75, 3.05) is 46.8 Å². The molecule has 0 bridgehead atoms. The van der Waals surface area contributed by atoms with Gasteiger partial charge in [-0.1, -0.05) is 0 Å². The second-order valence-electron chi connectivity index (χ2n) is 5.95. The van der Waals surface area contributed by atoms with Gasteiger partial charge in [0.15, 0.2) is 17.5 Å². The highest BCUT2D eigenvalue weighted by Gasteiger charge is 2.27. The van der Waals surface area contributed by atoms with Crippen molar-refractivity contribution in [2.45, 2.75) is 6.42 Å². The van der Waals surface area contributed by atoms with Crippen LogP contribution in [0.5, 0.6) is 0 Å². The molecular weight excluding hydrogens is 323 g/mol. The molecule has 24 heavy (non-hydrogen) atoms. The van der Waals surface area contributed by atoms with Crippen molar-refractivity contribution in [2.24, 2.45) is 0 Å². The first-order valence-electron chi connectivity index (χ1n) is 7.66. The van der Waals surface area contributed by atoms with Gasteiger partial charge in [-0.05, 0) is 26.2 Å². The van der Waals surface area contributed by atoms with Gasteiger partial charge in [-0.3, -0.25) is 9.59 Å². The Labute approximate surface area is 138 Å². The van der Waals surface area contributed by atoms with Crippen molar-refractivity contribution < 1.29 is 22.8 Å². The van der Waals surface area contributed by atoms with Crippen LogP contribution in [0.4, 0.5) is 13.2 Å². The molecule has 0 radical (unpaired) electrons. The standard InChI is InChI=1S/C16H20F3N3O2/c1-20(2)6-5-13(23)21-7-9-22(10-8-21)16(24)11-3-4-12(17)15(19)14(11)18/h3-4H,5-10H2,1-2H3. The van der Waals surface area contributed by atoms with Gasteiger partial charge < -0.3 is 14.7 Å². The minimum atomic E-state index is -1.65. The molecule has 0 N–H and O–H groups in total. The Morgan fingerprint density at radius 2 is 1.58 bits per heavy atom. The first-order chi connectivity index (χ1) is 11.3. The summed E-state index contributed by atoms with van der Waals surface area (Å²) in [6.07, 6.45) is 0.388. The van der Waals surface area contributed by atoms with E-state index in [1.165, 1.54) is 4.90 Å². The van der Waals surface area contributed by atoms with Crippen LogP contribution in [-0.2, 0) is 4.79 Å². The molecule has 132 valence electrons. The Morgan fingerprint density at radius 3 is 2.17 bits per heavy atom. The predicted molar refractivity (Wildman–Crippen MR) is 82.0 cm³/mol. The maximum atomic E-state index is 13.7. The van der Waals surface area contributed by atoms with E-state index in [0.29, 0.717) is 26.1 Å². The van der Waals surface area contributed by atoms with E-state index < -0.39 is 28.9 Å². The minimum absolute atomic E-state index is 0.00481. The highest BCUT2D eigenvalue weighted by molar-refractivity contribution is 5.94. The summed E-state index contributed by atoms with van der Waals surface area (Å²) in [7, 11) is 3.75. The van der Waals surface area contributed by atoms with Crippen molar-refractivity contribution in [1.82, 2.24) is 14.7 Å². The molecule has 0 aromatic heterocycles. The largest absolute Gasteiger partial charge is 0.339 e. The van der Waals surface area contributed by atoms with Crippen LogP contribution in [0.15, 0.2) is 12.1 Å². The van der Waals surface area contributed by atoms with Crippen LogP contribution in [0.2, 0.25) is 0 Å². The summed E-state index contributed by atoms with van der Waals surface area (Å²) in [4.78, 5) is 29.2. The second-order valence-corrected chi connectivity index (χ2v) is 5.95. The SMILES string of the molecule is CN(C)CCC(=O)N1CCN(C(=O)c2ccc(F)c(F)c2F)CC1. The van der Waals surface area contributed by atoms with E-state index in [-0.39, 0.29) is 19.0 Å². The molecule has 2 amide bonds. The molecule has 1 aromatic rings. The lowest BCUT2D eigenvalue weighted by Crippen LogP contribution is -2.51. The Bertz CT molecular complexity index is 629. The van der Waals surface area contributed by atoms with Gasteiger partial charge in [-0.2, -0.15) is 0 Å². The fourth-order valence-corrected chi connectivity index (χ4v) is 2.50. The van der Waals surface area contributed by atoms with Gasteiger partial charge >= 0.3 is 0 Å². The number of rotatable bonds is 4. The number of carbonyl (C=O) groups is 2. The molecule has 1 aliphatic rings. The molecule has 0 saturated carbocycles. The fourth-order valence-electron chi connectivity index (χ4n) is 2.50. The van der Waals surface area contributed by atoms with E-state index in [9.17, 15) is 22.8 Å². The zero-order valence-electron chi connectivity index (χ0n) is 13.7. The average Bonchev–Trinajstić information content (AvgIpc) is 2.57. The van der Waals surface area contributed by atoms with Gasteiger partial charge in [0, 0.05) is 39.1 Å². The second kappa shape index (κ2) is 7.65. The molecular formula is C16H20F3N3O2. The first-order valence-corrected chi connectivity index (χ1v) is 7.66. The fraction of sp³-hybridized carbons (Fsp3) is 0.500. The Balaban J connectivity index is 1.96. The number of hydrogen-bond acceptors (Lipinski definition) is 3. The van der Waals surface area contributed by atoms with Crippen molar-refractivity contribution in [1.29, 1.82) is 0 Å². The van der Waals surface area contributed by atoms with Crippen LogP contribution in [-0.4, -0.2) is 73.3 Å². The summed E-state index contributed by atoms with van der Waals surface area (Å²) in [6, 6.07) is 1.66. The highest BCUT2D eigenvalue weighted by Crippen LogP contribution is 2.18. The first kappa shape index (κ1) is 18.3. The summed E-state index contributed by atoms with van der Waals surface area (Å²) in [5.41, 5.74) is -0.499. The molecule has 0 atom stereocenters. The minimum Gasteiger partial charge on any atom is -0.339 e. The maximum absolute atomic E-state index is 13.7. The van der Waals surface area contributed by atoms with Gasteiger partial charge in [0.05, 0.1) is 5.56 Å². The summed E-state index contributed by atoms with van der Waals surface area (Å²) in [5.74, 6) is -5.18. The number of carbonyl (C=O) groups excluding carboxylic acids is 2. The summed E-state index contributed by atoms with van der Waals surface area (Å²) >= 11 is 0. The smallest absolute Gasteiger partial charge is 0.257 e. The van der Waals surface area contributed by atoms with Crippen LogP contribution >= 0.6 is 0 Å². The molecule has 8 heteroatoms. The lowest BCUT2D eigenvalue weighted by molar-refractivity contribution is -0.132. The van der Waals surface area contributed by atoms with Crippen molar-refractivity contribution in [3.8, 4) is 0 Å². The van der Waals surface area contributed by atoms with Crippen molar-refractivity contribution in [3.63, 3.8) is 0 Å². The normalized spacial score (nSPS) is 15.1. The Kier molecular flexibility index (Phi) is 5.82. The van der Waals surface area contributed by atoms with Crippen molar-refractivity contribution >= 4 is 11.8 Å². The van der Waals surface area contributed by atoms with Crippen LogP contribution in [0.25, 0.3) is 0 Å². The van der Waals surface area contributed by atoms with Crippen molar-refractivity contribution in [3.05, 3.63) is 35.1 Å². The lowest BCUT2D eigenvalue weighted by Gasteiger charge is -2.35. The van der Waals surface area contributed by atoms with Crippen LogP contribution < -0.4 is 0 Å². The molecule has 1 fully saturated rings.